The number of esters is 1. The van der Waals surface area contributed by atoms with Crippen molar-refractivity contribution in [1.29, 1.82) is 0 Å². The summed E-state index contributed by atoms with van der Waals surface area (Å²) in [5, 5.41) is 26.3. The normalized spacial score (nSPS) is 50.1. The van der Waals surface area contributed by atoms with Crippen molar-refractivity contribution in [2.24, 2.45) is 34.5 Å². The Labute approximate surface area is 247 Å². The van der Waals surface area contributed by atoms with E-state index in [0.29, 0.717) is 30.8 Å². The Morgan fingerprint density at radius 3 is 2.50 bits per heavy atom. The third kappa shape index (κ3) is 3.12. The third-order valence-electron chi connectivity index (χ3n) is 13.0. The smallest absolute Gasteiger partial charge is 0.340 e. The molecule has 6 aliphatic rings. The summed E-state index contributed by atoms with van der Waals surface area (Å²) < 4.78 is 31.1. The lowest BCUT2D eigenvalue weighted by Gasteiger charge is -2.70. The van der Waals surface area contributed by atoms with Crippen LogP contribution in [0.5, 0.6) is 0 Å². The van der Waals surface area contributed by atoms with Crippen molar-refractivity contribution in [3.63, 3.8) is 0 Å². The van der Waals surface area contributed by atoms with Gasteiger partial charge in [0.1, 0.15) is 11.2 Å². The van der Waals surface area contributed by atoms with Gasteiger partial charge in [0.15, 0.2) is 0 Å². The second-order valence-electron chi connectivity index (χ2n) is 13.8. The van der Waals surface area contributed by atoms with Crippen LogP contribution in [0.15, 0.2) is 24.3 Å². The molecule has 232 valence electrons. The summed E-state index contributed by atoms with van der Waals surface area (Å²) >= 11 is 0. The highest BCUT2D eigenvalue weighted by Crippen LogP contribution is 2.80. The molecule has 10 heteroatoms. The molecule has 1 spiro atoms. The lowest BCUT2D eigenvalue weighted by atomic mass is 9.42. The fraction of sp³-hybridized carbons (Fsp3) is 0.781. The molecule has 1 heterocycles. The number of aliphatic hydroxyl groups is 2. The number of rotatable bonds is 8. The number of nitrogens with two attached hydrogens (primary N) is 1. The van der Waals surface area contributed by atoms with Gasteiger partial charge in [-0.3, -0.25) is 4.90 Å². The number of benzene rings is 1. The number of carbonyl (C=O) groups excluding carboxylic acids is 1. The highest BCUT2D eigenvalue weighted by Gasteiger charge is 2.91. The van der Waals surface area contributed by atoms with Crippen LogP contribution >= 0.6 is 0 Å². The predicted octanol–water partition coefficient (Wildman–Crippen LogP) is 1.72. The van der Waals surface area contributed by atoms with Crippen molar-refractivity contribution in [1.82, 2.24) is 4.90 Å². The minimum absolute atomic E-state index is 0.00697. The molecule has 4 N–H and O–H groups in total. The summed E-state index contributed by atoms with van der Waals surface area (Å²) in [6.45, 7) is 3.54. The lowest BCUT2D eigenvalue weighted by molar-refractivity contribution is -0.320. The number of hydrogen-bond acceptors (Lipinski definition) is 10. The fourth-order valence-corrected chi connectivity index (χ4v) is 12.0. The summed E-state index contributed by atoms with van der Waals surface area (Å²) in [7, 11) is 6.80. The molecule has 5 aliphatic carbocycles. The van der Waals surface area contributed by atoms with E-state index < -0.39 is 40.1 Å². The van der Waals surface area contributed by atoms with E-state index in [0.717, 1.165) is 19.3 Å². The van der Waals surface area contributed by atoms with Gasteiger partial charge in [-0.1, -0.05) is 19.1 Å². The first-order valence-corrected chi connectivity index (χ1v) is 15.5. The highest BCUT2D eigenvalue weighted by molar-refractivity contribution is 5.95. The number of fused-ring (bicyclic) bond motifs is 2. The first kappa shape index (κ1) is 29.0. The first-order valence-electron chi connectivity index (χ1n) is 15.5. The van der Waals surface area contributed by atoms with E-state index in [1.165, 1.54) is 0 Å². The molecule has 7 rings (SSSR count). The van der Waals surface area contributed by atoms with Crippen LogP contribution in [0.3, 0.4) is 0 Å². The second-order valence-corrected chi connectivity index (χ2v) is 13.8. The van der Waals surface area contributed by atoms with E-state index in [2.05, 4.69) is 11.8 Å². The third-order valence-corrected chi connectivity index (χ3v) is 13.0. The lowest BCUT2D eigenvalue weighted by Crippen LogP contribution is -2.82. The first-order chi connectivity index (χ1) is 20.1. The average Bonchev–Trinajstić information content (AvgIpc) is 3.41. The number of nitrogens with zero attached hydrogens (tertiary/aromatic N) is 1. The number of likely N-dealkylation sites (tertiary alicyclic amines) is 1. The zero-order valence-corrected chi connectivity index (χ0v) is 25.3. The van der Waals surface area contributed by atoms with Crippen molar-refractivity contribution in [3.8, 4) is 0 Å². The number of ether oxygens (including phenoxy) is 5. The molecule has 0 radical (unpaired) electrons. The van der Waals surface area contributed by atoms with Crippen LogP contribution in [0.1, 0.15) is 43.0 Å². The maximum atomic E-state index is 13.4. The van der Waals surface area contributed by atoms with Crippen LogP contribution in [0.4, 0.5) is 5.69 Å². The SMILES string of the molecule is CCN1C[C@]2(COC(=O)c3ccccc3N)CC[C@H](OC)[C@@]34C5C[C@@H]6[C@@H](OC)C[C@@](O)(C5[C@H]6OC)[C@@](O)([C@@H](OC)C23)[C@@H]14. The maximum Gasteiger partial charge on any atom is 0.340 e. The summed E-state index contributed by atoms with van der Waals surface area (Å²) in [6.07, 6.45) is 1.22. The minimum atomic E-state index is -1.62. The van der Waals surface area contributed by atoms with Crippen molar-refractivity contribution < 1.29 is 38.7 Å². The quantitative estimate of drug-likeness (QED) is 0.306. The van der Waals surface area contributed by atoms with Gasteiger partial charge >= 0.3 is 5.97 Å². The summed E-state index contributed by atoms with van der Waals surface area (Å²) in [4.78, 5) is 15.7. The van der Waals surface area contributed by atoms with E-state index in [1.807, 2.05) is 0 Å². The van der Waals surface area contributed by atoms with Gasteiger partial charge in [-0.25, -0.2) is 4.79 Å². The molecule has 1 aliphatic heterocycles. The maximum absolute atomic E-state index is 13.4. The summed E-state index contributed by atoms with van der Waals surface area (Å²) in [5.74, 6) is -0.892. The average molecular weight is 587 g/mol. The topological polar surface area (TPSA) is 133 Å². The van der Waals surface area contributed by atoms with Gasteiger partial charge in [0.05, 0.1) is 42.6 Å². The zero-order chi connectivity index (χ0) is 29.8. The van der Waals surface area contributed by atoms with Crippen LogP contribution in [-0.2, 0) is 23.7 Å². The number of piperidine rings is 1. The second kappa shape index (κ2) is 9.60. The van der Waals surface area contributed by atoms with Crippen LogP contribution in [-0.4, -0.2) is 111 Å². The molecular weight excluding hydrogens is 540 g/mol. The molecule has 0 amide bonds. The molecule has 1 aromatic carbocycles. The molecule has 3 unspecified atom stereocenters. The number of anilines is 1. The number of para-hydroxylation sites is 1. The summed E-state index contributed by atoms with van der Waals surface area (Å²) in [5.41, 5.74) is 2.65. The highest BCUT2D eigenvalue weighted by atomic mass is 16.5. The van der Waals surface area contributed by atoms with Gasteiger partial charge in [0.25, 0.3) is 0 Å². The molecule has 0 aromatic heterocycles. The van der Waals surface area contributed by atoms with Gasteiger partial charge in [0, 0.05) is 75.7 Å². The Morgan fingerprint density at radius 1 is 1.10 bits per heavy atom. The molecule has 13 atom stereocenters. The Balaban J connectivity index is 1.41. The van der Waals surface area contributed by atoms with E-state index in [9.17, 15) is 15.0 Å². The Morgan fingerprint density at radius 2 is 1.86 bits per heavy atom. The predicted molar refractivity (Wildman–Crippen MR) is 153 cm³/mol. The van der Waals surface area contributed by atoms with Crippen molar-refractivity contribution in [2.45, 2.75) is 74.3 Å². The number of carbonyl (C=O) groups is 1. The van der Waals surface area contributed by atoms with E-state index in [-0.39, 0.29) is 48.6 Å². The van der Waals surface area contributed by atoms with Crippen molar-refractivity contribution >= 4 is 11.7 Å². The van der Waals surface area contributed by atoms with Crippen molar-refractivity contribution in [2.75, 3.05) is 53.9 Å². The number of nitrogen functional groups attached to an aromatic ring is 1. The molecule has 6 fully saturated rings. The number of methoxy groups -OCH3 is 4. The summed E-state index contributed by atoms with van der Waals surface area (Å²) in [6, 6.07) is 6.55. The fourth-order valence-electron chi connectivity index (χ4n) is 12.0. The molecule has 1 aromatic rings. The van der Waals surface area contributed by atoms with E-state index in [1.54, 1.807) is 52.7 Å². The molecular formula is C32H46N2O8. The Kier molecular flexibility index (Phi) is 6.62. The zero-order valence-electron chi connectivity index (χ0n) is 25.3. The van der Waals surface area contributed by atoms with Gasteiger partial charge in [-0.05, 0) is 43.9 Å². The van der Waals surface area contributed by atoms with Crippen LogP contribution in [0.25, 0.3) is 0 Å². The number of hydrogen-bond donors (Lipinski definition) is 3. The van der Waals surface area contributed by atoms with E-state index >= 15 is 0 Å². The monoisotopic (exact) mass is 586 g/mol. The van der Waals surface area contributed by atoms with Crippen LogP contribution in [0.2, 0.25) is 0 Å². The molecule has 1 saturated heterocycles. The number of likely N-dealkylation sites (N-methyl/N-ethyl adjacent to an activating group) is 1. The molecule has 10 nitrogen and oxygen atoms in total. The molecule has 5 saturated carbocycles. The van der Waals surface area contributed by atoms with Gasteiger partial charge < -0.3 is 39.6 Å². The largest absolute Gasteiger partial charge is 0.461 e. The Hall–Kier alpha value is -1.79. The van der Waals surface area contributed by atoms with Gasteiger partial charge in [-0.2, -0.15) is 0 Å². The van der Waals surface area contributed by atoms with E-state index in [4.69, 9.17) is 29.4 Å². The van der Waals surface area contributed by atoms with Crippen molar-refractivity contribution in [3.05, 3.63) is 29.8 Å². The van der Waals surface area contributed by atoms with Gasteiger partial charge in [-0.15, -0.1) is 0 Å². The standard InChI is InChI=1S/C32H46N2O8/c1-6-34-15-29(16-42-27(35)17-9-7-8-10-20(17)33)12-11-22(39-3)31-19-13-18-21(38-2)14-30(36,23(19)24(18)40-4)32(37,28(31)34)26(41-5)25(29)31/h7-10,18-19,21-26,28,36-37H,6,11-16,33H2,1-5H3/t18-,19?,21+,22+,23?,24+,25?,26+,28+,29+,30-,31+,32-/m1/s1. The molecule has 7 bridgehead atoms. The molecule has 42 heavy (non-hydrogen) atoms. The minimum Gasteiger partial charge on any atom is -0.461 e. The Bertz CT molecular complexity index is 1250. The van der Waals surface area contributed by atoms with Gasteiger partial charge in [0.2, 0.25) is 0 Å². The van der Waals surface area contributed by atoms with Crippen LogP contribution in [0, 0.1) is 34.5 Å². The van der Waals surface area contributed by atoms with Crippen LogP contribution < -0.4 is 5.73 Å².